The molecular weight excluding hydrogens is 458 g/mol. The van der Waals surface area contributed by atoms with Crippen molar-refractivity contribution < 1.29 is 13.2 Å². The molecule has 1 saturated heterocycles. The Balaban J connectivity index is 1.82. The van der Waals surface area contributed by atoms with Crippen LogP contribution in [0.1, 0.15) is 52.4 Å². The van der Waals surface area contributed by atoms with Crippen LogP contribution in [-0.2, 0) is 14.8 Å². The van der Waals surface area contributed by atoms with Crippen molar-refractivity contribution in [3.63, 3.8) is 0 Å². The second-order valence-electron chi connectivity index (χ2n) is 9.31. The molecule has 0 spiro atoms. The highest BCUT2D eigenvalue weighted by Gasteiger charge is 2.32. The van der Waals surface area contributed by atoms with Crippen molar-refractivity contribution in [3.8, 4) is 0 Å². The van der Waals surface area contributed by atoms with Gasteiger partial charge in [0.15, 0.2) is 0 Å². The molecule has 33 heavy (non-hydrogen) atoms. The average Bonchev–Trinajstić information content (AvgIpc) is 2.80. The quantitative estimate of drug-likeness (QED) is 0.475. The summed E-state index contributed by atoms with van der Waals surface area (Å²) in [6, 6.07) is 9.45. The number of fused-ring (bicyclic) bond motifs is 1. The van der Waals surface area contributed by atoms with Crippen molar-refractivity contribution >= 4 is 38.3 Å². The van der Waals surface area contributed by atoms with Crippen LogP contribution in [0.2, 0.25) is 5.02 Å². The summed E-state index contributed by atoms with van der Waals surface area (Å²) in [5, 5.41) is 1.71. The van der Waals surface area contributed by atoms with Gasteiger partial charge in [-0.25, -0.2) is 8.42 Å². The number of amides is 1. The number of sulfonamides is 1. The number of carbonyl (C=O) groups is 1. The highest BCUT2D eigenvalue weighted by molar-refractivity contribution is 7.89. The molecule has 0 bridgehead atoms. The third-order valence-electron chi connectivity index (χ3n) is 6.70. The van der Waals surface area contributed by atoms with Gasteiger partial charge in [0.1, 0.15) is 6.04 Å². The van der Waals surface area contributed by atoms with Crippen molar-refractivity contribution in [1.29, 1.82) is 0 Å². The SMILES string of the molecule is CC(C)C1CCN(C(=O)C(CCCCCN)NS(=O)(=O)c2cccc3c(Cl)cccc23)CC1. The van der Waals surface area contributed by atoms with E-state index in [1.54, 1.807) is 36.4 Å². The van der Waals surface area contributed by atoms with Crippen LogP contribution in [0, 0.1) is 11.8 Å². The fraction of sp³-hybridized carbons (Fsp3) is 0.560. The summed E-state index contributed by atoms with van der Waals surface area (Å²) in [5.41, 5.74) is 5.60. The zero-order valence-electron chi connectivity index (χ0n) is 19.6. The van der Waals surface area contributed by atoms with E-state index in [1.807, 2.05) is 4.90 Å². The normalized spacial score (nSPS) is 16.5. The molecule has 3 N–H and O–H groups in total. The van der Waals surface area contributed by atoms with Gasteiger partial charge in [-0.15, -0.1) is 0 Å². The lowest BCUT2D eigenvalue weighted by Gasteiger charge is -2.36. The van der Waals surface area contributed by atoms with Crippen LogP contribution in [0.25, 0.3) is 10.8 Å². The van der Waals surface area contributed by atoms with Crippen LogP contribution < -0.4 is 10.5 Å². The van der Waals surface area contributed by atoms with Crippen LogP contribution in [0.15, 0.2) is 41.3 Å². The number of hydrogen-bond acceptors (Lipinski definition) is 4. The summed E-state index contributed by atoms with van der Waals surface area (Å²) < 4.78 is 29.6. The van der Waals surface area contributed by atoms with Crippen LogP contribution in [0.4, 0.5) is 0 Å². The van der Waals surface area contributed by atoms with E-state index >= 15 is 0 Å². The fourth-order valence-electron chi connectivity index (χ4n) is 4.64. The van der Waals surface area contributed by atoms with Crippen molar-refractivity contribution in [2.45, 2.75) is 63.3 Å². The highest BCUT2D eigenvalue weighted by atomic mass is 35.5. The van der Waals surface area contributed by atoms with Gasteiger partial charge in [-0.05, 0) is 56.2 Å². The lowest BCUT2D eigenvalue weighted by Crippen LogP contribution is -2.51. The van der Waals surface area contributed by atoms with Crippen molar-refractivity contribution in [2.75, 3.05) is 19.6 Å². The first-order valence-corrected chi connectivity index (χ1v) is 13.8. The van der Waals surface area contributed by atoms with E-state index in [0.717, 1.165) is 32.1 Å². The third-order valence-corrected chi connectivity index (χ3v) is 8.56. The number of benzene rings is 2. The molecule has 3 rings (SSSR count). The first-order valence-electron chi connectivity index (χ1n) is 11.9. The Morgan fingerprint density at radius 3 is 2.42 bits per heavy atom. The summed E-state index contributed by atoms with van der Waals surface area (Å²) in [6.07, 6.45) is 4.82. The van der Waals surface area contributed by atoms with Crippen LogP contribution in [0.5, 0.6) is 0 Å². The summed E-state index contributed by atoms with van der Waals surface area (Å²) in [4.78, 5) is 15.4. The molecule has 1 aliphatic rings. The van der Waals surface area contributed by atoms with Gasteiger partial charge in [0.2, 0.25) is 15.9 Å². The molecule has 0 saturated carbocycles. The Morgan fingerprint density at radius 1 is 1.09 bits per heavy atom. The molecule has 2 aromatic rings. The summed E-state index contributed by atoms with van der Waals surface area (Å²) in [7, 11) is -3.93. The second kappa shape index (κ2) is 11.6. The molecule has 1 amide bonds. The number of nitrogens with two attached hydrogens (primary N) is 1. The Hall–Kier alpha value is -1.67. The standard InChI is InChI=1S/C25H36ClN3O3S/c1-18(2)19-13-16-29(17-14-19)25(30)23(11-4-3-5-15-27)28-33(31,32)24-12-7-8-20-21(24)9-6-10-22(20)26/h6-10,12,18-19,23,28H,3-5,11,13-17,27H2,1-2H3. The summed E-state index contributed by atoms with van der Waals surface area (Å²) >= 11 is 6.28. The molecule has 6 nitrogen and oxygen atoms in total. The maximum atomic E-state index is 13.4. The first-order chi connectivity index (χ1) is 15.7. The molecule has 0 aromatic heterocycles. The van der Waals surface area contributed by atoms with Crippen LogP contribution in [-0.4, -0.2) is 44.9 Å². The molecule has 182 valence electrons. The largest absolute Gasteiger partial charge is 0.341 e. The minimum Gasteiger partial charge on any atom is -0.341 e. The molecule has 1 atom stereocenters. The lowest BCUT2D eigenvalue weighted by molar-refractivity contribution is -0.134. The van der Waals surface area contributed by atoms with E-state index < -0.39 is 16.1 Å². The number of halogens is 1. The van der Waals surface area contributed by atoms with Gasteiger partial charge in [-0.2, -0.15) is 4.72 Å². The van der Waals surface area contributed by atoms with E-state index in [9.17, 15) is 13.2 Å². The van der Waals surface area contributed by atoms with Gasteiger partial charge in [0.25, 0.3) is 0 Å². The van der Waals surface area contributed by atoms with E-state index in [-0.39, 0.29) is 10.8 Å². The number of hydrogen-bond donors (Lipinski definition) is 2. The van der Waals surface area contributed by atoms with Crippen molar-refractivity contribution in [2.24, 2.45) is 17.6 Å². The molecular formula is C25H36ClN3O3S. The van der Waals surface area contributed by atoms with Gasteiger partial charge < -0.3 is 10.6 Å². The Morgan fingerprint density at radius 2 is 1.76 bits per heavy atom. The minimum absolute atomic E-state index is 0.133. The number of unbranched alkanes of at least 4 members (excludes halogenated alkanes) is 2. The average molecular weight is 494 g/mol. The molecule has 1 aliphatic heterocycles. The Bertz CT molecular complexity index is 1050. The van der Waals surface area contributed by atoms with Crippen molar-refractivity contribution in [1.82, 2.24) is 9.62 Å². The van der Waals surface area contributed by atoms with Crippen LogP contribution in [0.3, 0.4) is 0 Å². The Kier molecular flexibility index (Phi) is 9.16. The van der Waals surface area contributed by atoms with Gasteiger partial charge in [-0.3, -0.25) is 4.79 Å². The highest BCUT2D eigenvalue weighted by Crippen LogP contribution is 2.29. The van der Waals surface area contributed by atoms with E-state index in [1.165, 1.54) is 0 Å². The van der Waals surface area contributed by atoms with Gasteiger partial charge >= 0.3 is 0 Å². The monoisotopic (exact) mass is 493 g/mol. The molecule has 0 aliphatic carbocycles. The number of carbonyl (C=O) groups excluding carboxylic acids is 1. The minimum atomic E-state index is -3.93. The number of piperidine rings is 1. The molecule has 0 radical (unpaired) electrons. The Labute approximate surface area is 202 Å². The number of likely N-dealkylation sites (tertiary alicyclic amines) is 1. The molecule has 8 heteroatoms. The maximum Gasteiger partial charge on any atom is 0.241 e. The predicted molar refractivity (Wildman–Crippen MR) is 135 cm³/mol. The summed E-state index contributed by atoms with van der Waals surface area (Å²) in [6.45, 7) is 6.36. The van der Waals surface area contributed by atoms with Crippen molar-refractivity contribution in [3.05, 3.63) is 41.4 Å². The maximum absolute atomic E-state index is 13.4. The molecule has 1 fully saturated rings. The second-order valence-corrected chi connectivity index (χ2v) is 11.4. The zero-order chi connectivity index (χ0) is 24.0. The third kappa shape index (κ3) is 6.47. The number of rotatable bonds is 10. The molecule has 1 unspecified atom stereocenters. The van der Waals surface area contributed by atoms with Gasteiger partial charge in [0.05, 0.1) is 4.90 Å². The van der Waals surface area contributed by atoms with Crippen LogP contribution >= 0.6 is 11.6 Å². The van der Waals surface area contributed by atoms with E-state index in [4.69, 9.17) is 17.3 Å². The topological polar surface area (TPSA) is 92.5 Å². The first kappa shape index (κ1) is 25.9. The number of nitrogens with one attached hydrogen (secondary N) is 1. The summed E-state index contributed by atoms with van der Waals surface area (Å²) in [5.74, 6) is 1.06. The lowest BCUT2D eigenvalue weighted by atomic mass is 9.86. The predicted octanol–water partition coefficient (Wildman–Crippen LogP) is 4.55. The molecule has 2 aromatic carbocycles. The van der Waals surface area contributed by atoms with Gasteiger partial charge in [-0.1, -0.05) is 62.6 Å². The zero-order valence-corrected chi connectivity index (χ0v) is 21.2. The van der Waals surface area contributed by atoms with Gasteiger partial charge in [0, 0.05) is 28.9 Å². The van der Waals surface area contributed by atoms with E-state index in [2.05, 4.69) is 18.6 Å². The molecule has 1 heterocycles. The fourth-order valence-corrected chi connectivity index (χ4v) is 6.32. The van der Waals surface area contributed by atoms with E-state index in [0.29, 0.717) is 53.7 Å². The number of nitrogens with zero attached hydrogens (tertiary/aromatic N) is 1. The smallest absolute Gasteiger partial charge is 0.241 e.